The van der Waals surface area contributed by atoms with Gasteiger partial charge in [0.15, 0.2) is 0 Å². The summed E-state index contributed by atoms with van der Waals surface area (Å²) in [5.41, 5.74) is 0.895. The highest BCUT2D eigenvalue weighted by atomic mass is 79.9. The van der Waals surface area contributed by atoms with Crippen LogP contribution in [-0.4, -0.2) is 48.6 Å². The predicted octanol–water partition coefficient (Wildman–Crippen LogP) is 2.93. The van der Waals surface area contributed by atoms with E-state index in [1.54, 1.807) is 18.2 Å². The maximum atomic E-state index is 12.8. The molecular weight excluding hydrogens is 470 g/mol. The second-order valence-electron chi connectivity index (χ2n) is 7.11. The van der Waals surface area contributed by atoms with Crippen molar-refractivity contribution in [3.8, 4) is 6.07 Å². The molecule has 2 amide bonds. The number of thioether (sulfide) groups is 1. The first kappa shape index (κ1) is 22.4. The zero-order valence-corrected chi connectivity index (χ0v) is 18.9. The van der Waals surface area contributed by atoms with Crippen LogP contribution in [0.25, 0.3) is 0 Å². The Morgan fingerprint density at radius 1 is 1.33 bits per heavy atom. The first-order chi connectivity index (χ1) is 14.5. The average molecular weight is 492 g/mol. The van der Waals surface area contributed by atoms with Crippen LogP contribution < -0.4 is 5.32 Å². The van der Waals surface area contributed by atoms with E-state index in [1.165, 1.54) is 7.11 Å². The number of carbonyl (C=O) groups is 3. The number of likely N-dealkylation sites (tertiary alicyclic amines) is 1. The largest absolute Gasteiger partial charge is 0.468 e. The Kier molecular flexibility index (Phi) is 7.56. The molecule has 2 heterocycles. The maximum absolute atomic E-state index is 12.8. The number of nitrogens with one attached hydrogen (secondary N) is 1. The van der Waals surface area contributed by atoms with Crippen molar-refractivity contribution in [3.05, 3.63) is 44.9 Å². The van der Waals surface area contributed by atoms with Gasteiger partial charge in [0.05, 0.1) is 29.5 Å². The Balaban J connectivity index is 1.92. The molecule has 1 aromatic carbocycles. The molecule has 158 valence electrons. The first-order valence-electron chi connectivity index (χ1n) is 9.65. The Bertz CT molecular complexity index is 921. The van der Waals surface area contributed by atoms with E-state index in [9.17, 15) is 19.6 Å². The third-order valence-electron chi connectivity index (χ3n) is 5.24. The van der Waals surface area contributed by atoms with E-state index >= 15 is 0 Å². The fourth-order valence-corrected chi connectivity index (χ4v) is 5.12. The zero-order valence-electron chi connectivity index (χ0n) is 16.5. The lowest BCUT2D eigenvalue weighted by molar-refractivity contribution is -0.150. The van der Waals surface area contributed by atoms with Crippen LogP contribution in [0, 0.1) is 17.2 Å². The number of nitrogens with zero attached hydrogens (tertiary/aromatic N) is 2. The number of hydrogen-bond acceptors (Lipinski definition) is 6. The minimum atomic E-state index is -1.18. The number of rotatable bonds is 5. The summed E-state index contributed by atoms with van der Waals surface area (Å²) in [6.07, 6.45) is 3.11. The van der Waals surface area contributed by atoms with Crippen LogP contribution >= 0.6 is 27.7 Å². The molecule has 0 unspecified atom stereocenters. The summed E-state index contributed by atoms with van der Waals surface area (Å²) in [4.78, 5) is 39.6. The number of benzene rings is 1. The predicted molar refractivity (Wildman–Crippen MR) is 116 cm³/mol. The van der Waals surface area contributed by atoms with Gasteiger partial charge < -0.3 is 15.0 Å². The summed E-state index contributed by atoms with van der Waals surface area (Å²) in [5.74, 6) is -3.12. The van der Waals surface area contributed by atoms with Gasteiger partial charge in [0.1, 0.15) is 5.92 Å². The van der Waals surface area contributed by atoms with Crippen molar-refractivity contribution in [1.29, 1.82) is 5.26 Å². The third-order valence-corrected chi connectivity index (χ3v) is 6.74. The van der Waals surface area contributed by atoms with Gasteiger partial charge in [0.25, 0.3) is 0 Å². The van der Waals surface area contributed by atoms with Crippen molar-refractivity contribution in [2.45, 2.75) is 25.2 Å². The van der Waals surface area contributed by atoms with Gasteiger partial charge in [-0.15, -0.1) is 0 Å². The van der Waals surface area contributed by atoms with E-state index in [0.29, 0.717) is 10.6 Å². The molecule has 0 bridgehead atoms. The second-order valence-corrected chi connectivity index (χ2v) is 9.01. The Hall–Kier alpha value is -2.31. The normalized spacial score (nSPS) is 21.6. The highest BCUT2D eigenvalue weighted by Crippen LogP contribution is 2.40. The molecule has 2 aliphatic rings. The minimum Gasteiger partial charge on any atom is -0.468 e. The van der Waals surface area contributed by atoms with E-state index in [2.05, 4.69) is 27.3 Å². The Labute approximate surface area is 187 Å². The van der Waals surface area contributed by atoms with Gasteiger partial charge in [-0.2, -0.15) is 5.26 Å². The molecule has 1 aromatic rings. The fraction of sp³-hybridized carbons (Fsp3) is 0.429. The quantitative estimate of drug-likeness (QED) is 0.501. The summed E-state index contributed by atoms with van der Waals surface area (Å²) in [6.45, 7) is 1.47. The fourth-order valence-electron chi connectivity index (χ4n) is 3.75. The van der Waals surface area contributed by atoms with E-state index in [1.807, 2.05) is 11.0 Å². The van der Waals surface area contributed by atoms with Crippen LogP contribution in [0.4, 0.5) is 0 Å². The molecule has 3 rings (SSSR count). The number of methoxy groups -OCH3 is 1. The third kappa shape index (κ3) is 4.87. The highest BCUT2D eigenvalue weighted by molar-refractivity contribution is 9.10. The Morgan fingerprint density at radius 2 is 2.07 bits per heavy atom. The molecule has 0 aromatic heterocycles. The lowest BCUT2D eigenvalue weighted by Gasteiger charge is -2.31. The van der Waals surface area contributed by atoms with Gasteiger partial charge in [-0.05, 0) is 37.0 Å². The van der Waals surface area contributed by atoms with Crippen molar-refractivity contribution in [1.82, 2.24) is 10.2 Å². The minimum absolute atomic E-state index is 0.0205. The van der Waals surface area contributed by atoms with Crippen LogP contribution in [0.5, 0.6) is 0 Å². The molecule has 7 nitrogen and oxygen atoms in total. The number of ether oxygens (including phenoxy) is 1. The van der Waals surface area contributed by atoms with Gasteiger partial charge in [0, 0.05) is 23.5 Å². The average Bonchev–Trinajstić information content (AvgIpc) is 2.76. The van der Waals surface area contributed by atoms with E-state index in [-0.39, 0.29) is 17.2 Å². The number of esters is 1. The standard InChI is InChI=1S/C21H22BrN3O4S/c1-29-21(28)18-17(13-6-5-7-14(22)10-13)15(11-23)20(24-19(18)27)30-12-16(26)25-8-3-2-4-9-25/h5-7,10,17-18H,2-4,8-9,12H2,1H3,(H,24,27)/t17-,18-/m1/s1. The number of piperidine rings is 1. The van der Waals surface area contributed by atoms with Crippen molar-refractivity contribution in [3.63, 3.8) is 0 Å². The van der Waals surface area contributed by atoms with E-state index in [4.69, 9.17) is 4.74 Å². The zero-order chi connectivity index (χ0) is 21.7. The Morgan fingerprint density at radius 3 is 2.70 bits per heavy atom. The van der Waals surface area contributed by atoms with Crippen LogP contribution in [0.2, 0.25) is 0 Å². The molecule has 1 fully saturated rings. The lowest BCUT2D eigenvalue weighted by atomic mass is 9.78. The van der Waals surface area contributed by atoms with Crippen LogP contribution in [0.15, 0.2) is 39.3 Å². The molecule has 0 spiro atoms. The van der Waals surface area contributed by atoms with Crippen LogP contribution in [0.3, 0.4) is 0 Å². The number of allylic oxidation sites excluding steroid dienone is 1. The second kappa shape index (κ2) is 10.1. The van der Waals surface area contributed by atoms with Crippen LogP contribution in [-0.2, 0) is 19.1 Å². The maximum Gasteiger partial charge on any atom is 0.319 e. The summed E-state index contributed by atoms with van der Waals surface area (Å²) in [5, 5.41) is 12.9. The molecule has 9 heteroatoms. The molecule has 1 saturated heterocycles. The molecular formula is C21H22BrN3O4S. The molecule has 30 heavy (non-hydrogen) atoms. The summed E-state index contributed by atoms with van der Waals surface area (Å²) < 4.78 is 5.60. The smallest absolute Gasteiger partial charge is 0.319 e. The summed E-state index contributed by atoms with van der Waals surface area (Å²) >= 11 is 4.53. The van der Waals surface area contributed by atoms with Crippen LogP contribution in [0.1, 0.15) is 30.7 Å². The number of halogens is 1. The van der Waals surface area contributed by atoms with Gasteiger partial charge in [0.2, 0.25) is 11.8 Å². The van der Waals surface area contributed by atoms with Gasteiger partial charge in [-0.25, -0.2) is 0 Å². The van der Waals surface area contributed by atoms with Gasteiger partial charge in [-0.1, -0.05) is 39.8 Å². The topological polar surface area (TPSA) is 99.5 Å². The molecule has 0 aliphatic carbocycles. The lowest BCUT2D eigenvalue weighted by Crippen LogP contribution is -2.44. The number of amides is 2. The molecule has 2 aliphatic heterocycles. The van der Waals surface area contributed by atoms with Gasteiger partial charge >= 0.3 is 5.97 Å². The number of carbonyl (C=O) groups excluding carboxylic acids is 3. The highest BCUT2D eigenvalue weighted by Gasteiger charge is 2.44. The number of hydrogen-bond donors (Lipinski definition) is 1. The SMILES string of the molecule is COC(=O)[C@H]1C(=O)NC(SCC(=O)N2CCCCC2)=C(C#N)[C@H]1c1cccc(Br)c1. The molecule has 0 radical (unpaired) electrons. The van der Waals surface area contributed by atoms with Gasteiger partial charge in [-0.3, -0.25) is 14.4 Å². The number of nitriles is 1. The van der Waals surface area contributed by atoms with Crippen molar-refractivity contribution in [2.75, 3.05) is 26.0 Å². The monoisotopic (exact) mass is 491 g/mol. The molecule has 1 N–H and O–H groups in total. The van der Waals surface area contributed by atoms with Crippen molar-refractivity contribution >= 4 is 45.5 Å². The van der Waals surface area contributed by atoms with Crippen molar-refractivity contribution in [2.24, 2.45) is 5.92 Å². The van der Waals surface area contributed by atoms with E-state index in [0.717, 1.165) is 48.6 Å². The first-order valence-corrected chi connectivity index (χ1v) is 11.4. The van der Waals surface area contributed by atoms with Crippen molar-refractivity contribution < 1.29 is 19.1 Å². The molecule has 0 saturated carbocycles. The summed E-state index contributed by atoms with van der Waals surface area (Å²) in [7, 11) is 1.21. The molecule has 2 atom stereocenters. The summed E-state index contributed by atoms with van der Waals surface area (Å²) in [6, 6.07) is 9.29. The van der Waals surface area contributed by atoms with E-state index < -0.39 is 23.7 Å².